The van der Waals surface area contributed by atoms with Crippen LogP contribution < -0.4 is 10.2 Å². The first kappa shape index (κ1) is 15.5. The van der Waals surface area contributed by atoms with Gasteiger partial charge in [0.15, 0.2) is 0 Å². The van der Waals surface area contributed by atoms with Gasteiger partial charge in [0.25, 0.3) is 11.7 Å². The Morgan fingerprint density at radius 2 is 2.00 bits per heavy atom. The lowest BCUT2D eigenvalue weighted by Gasteiger charge is -2.17. The zero-order valence-electron chi connectivity index (χ0n) is 13.0. The molecule has 1 aliphatic carbocycles. The summed E-state index contributed by atoms with van der Waals surface area (Å²) in [5.74, 6) is -1.41. The van der Waals surface area contributed by atoms with Crippen LogP contribution in [0.5, 0.6) is 0 Å². The van der Waals surface area contributed by atoms with E-state index in [9.17, 15) is 14.4 Å². The van der Waals surface area contributed by atoms with Crippen molar-refractivity contribution in [2.24, 2.45) is 0 Å². The van der Waals surface area contributed by atoms with E-state index < -0.39 is 11.7 Å². The summed E-state index contributed by atoms with van der Waals surface area (Å²) < 4.78 is 0. The van der Waals surface area contributed by atoms with E-state index in [0.717, 1.165) is 19.3 Å². The van der Waals surface area contributed by atoms with Crippen molar-refractivity contribution >= 4 is 23.3 Å². The highest BCUT2D eigenvalue weighted by atomic mass is 16.2. The summed E-state index contributed by atoms with van der Waals surface area (Å²) in [6.07, 6.45) is 7.83. The van der Waals surface area contributed by atoms with Gasteiger partial charge in [-0.15, -0.1) is 0 Å². The molecule has 0 saturated carbocycles. The number of Topliss-reactive ketones (excluding diaryl/α,β-unsaturated/α-hetero) is 1. The van der Waals surface area contributed by atoms with Gasteiger partial charge in [0.05, 0.1) is 11.3 Å². The number of amides is 2. The summed E-state index contributed by atoms with van der Waals surface area (Å²) in [6.45, 7) is 0.461. The van der Waals surface area contributed by atoms with Gasteiger partial charge in [-0.25, -0.2) is 0 Å². The Bertz CT molecular complexity index is 679. The van der Waals surface area contributed by atoms with E-state index in [2.05, 4.69) is 11.4 Å². The molecule has 3 rings (SSSR count). The summed E-state index contributed by atoms with van der Waals surface area (Å²) in [4.78, 5) is 37.2. The molecule has 2 aliphatic rings. The predicted molar refractivity (Wildman–Crippen MR) is 87.3 cm³/mol. The molecule has 0 spiro atoms. The minimum Gasteiger partial charge on any atom is -0.354 e. The van der Waals surface area contributed by atoms with Crippen molar-refractivity contribution in [2.45, 2.75) is 32.1 Å². The molecule has 0 saturated heterocycles. The van der Waals surface area contributed by atoms with Gasteiger partial charge in [-0.1, -0.05) is 23.8 Å². The molecule has 0 radical (unpaired) electrons. The lowest BCUT2D eigenvalue weighted by atomic mass is 9.97. The maximum atomic E-state index is 12.1. The number of anilines is 1. The average Bonchev–Trinajstić information content (AvgIpc) is 2.81. The molecule has 1 aliphatic heterocycles. The average molecular weight is 312 g/mol. The van der Waals surface area contributed by atoms with Crippen LogP contribution >= 0.6 is 0 Å². The van der Waals surface area contributed by atoms with Crippen molar-refractivity contribution in [3.05, 3.63) is 41.5 Å². The normalized spacial score (nSPS) is 17.0. The summed E-state index contributed by atoms with van der Waals surface area (Å²) in [5, 5.41) is 2.84. The summed E-state index contributed by atoms with van der Waals surface area (Å²) in [5.41, 5.74) is 2.29. The number of benzene rings is 1. The topological polar surface area (TPSA) is 66.5 Å². The molecule has 1 heterocycles. The second-order valence-electron chi connectivity index (χ2n) is 5.95. The van der Waals surface area contributed by atoms with Gasteiger partial charge in [0.1, 0.15) is 6.54 Å². The lowest BCUT2D eigenvalue weighted by molar-refractivity contribution is -0.122. The Hall–Kier alpha value is -2.43. The standard InChI is InChI=1S/C18H20N2O3/c21-16(19-11-10-13-6-2-1-3-7-13)12-20-15-9-5-4-8-14(15)17(22)18(20)23/h4-6,8-9H,1-3,7,10-12H2,(H,19,21). The molecule has 120 valence electrons. The third-order valence-electron chi connectivity index (χ3n) is 4.33. The second-order valence-corrected chi connectivity index (χ2v) is 5.95. The molecule has 0 atom stereocenters. The number of carbonyl (C=O) groups is 3. The Kier molecular flexibility index (Phi) is 4.55. The third kappa shape index (κ3) is 3.33. The number of ketones is 1. The Morgan fingerprint density at radius 3 is 2.78 bits per heavy atom. The van der Waals surface area contributed by atoms with Crippen LogP contribution in [0.15, 0.2) is 35.9 Å². The SMILES string of the molecule is O=C(CN1C(=O)C(=O)c2ccccc21)NCCC1=CCCCC1. The first-order valence-electron chi connectivity index (χ1n) is 8.06. The van der Waals surface area contributed by atoms with Crippen LogP contribution in [0.1, 0.15) is 42.5 Å². The number of nitrogens with one attached hydrogen (secondary N) is 1. The van der Waals surface area contributed by atoms with E-state index in [4.69, 9.17) is 0 Å². The minimum atomic E-state index is -0.628. The summed E-state index contributed by atoms with van der Waals surface area (Å²) >= 11 is 0. The van der Waals surface area contributed by atoms with E-state index in [-0.39, 0.29) is 12.5 Å². The fourth-order valence-electron chi connectivity index (χ4n) is 3.10. The van der Waals surface area contributed by atoms with Crippen LogP contribution in [0, 0.1) is 0 Å². The van der Waals surface area contributed by atoms with Gasteiger partial charge in [0, 0.05) is 6.54 Å². The van der Waals surface area contributed by atoms with Crippen LogP contribution in [0.4, 0.5) is 5.69 Å². The third-order valence-corrected chi connectivity index (χ3v) is 4.33. The van der Waals surface area contributed by atoms with Crippen LogP contribution in [0.25, 0.3) is 0 Å². The maximum Gasteiger partial charge on any atom is 0.299 e. The second kappa shape index (κ2) is 6.77. The van der Waals surface area contributed by atoms with Gasteiger partial charge in [-0.3, -0.25) is 19.3 Å². The largest absolute Gasteiger partial charge is 0.354 e. The molecule has 0 aromatic heterocycles. The Morgan fingerprint density at radius 1 is 1.17 bits per heavy atom. The van der Waals surface area contributed by atoms with E-state index in [0.29, 0.717) is 17.8 Å². The predicted octanol–water partition coefficient (Wildman–Crippen LogP) is 2.22. The number of hydrogen-bond donors (Lipinski definition) is 1. The molecular formula is C18H20N2O3. The molecule has 5 nitrogen and oxygen atoms in total. The number of nitrogens with zero attached hydrogens (tertiary/aromatic N) is 1. The van der Waals surface area contributed by atoms with E-state index in [1.54, 1.807) is 24.3 Å². The molecule has 0 fully saturated rings. The molecule has 1 N–H and O–H groups in total. The quantitative estimate of drug-likeness (QED) is 0.669. The van der Waals surface area contributed by atoms with Crippen molar-refractivity contribution < 1.29 is 14.4 Å². The number of rotatable bonds is 5. The molecule has 1 aromatic carbocycles. The van der Waals surface area contributed by atoms with Gasteiger partial charge < -0.3 is 5.32 Å². The van der Waals surface area contributed by atoms with Gasteiger partial charge in [0.2, 0.25) is 5.91 Å². The molecular weight excluding hydrogens is 292 g/mol. The van der Waals surface area contributed by atoms with E-state index in [1.807, 2.05) is 0 Å². The zero-order valence-corrected chi connectivity index (χ0v) is 13.0. The van der Waals surface area contributed by atoms with Gasteiger partial charge >= 0.3 is 0 Å². The molecule has 1 aromatic rings. The molecule has 5 heteroatoms. The first-order valence-corrected chi connectivity index (χ1v) is 8.06. The van der Waals surface area contributed by atoms with Gasteiger partial charge in [-0.2, -0.15) is 0 Å². The number of fused-ring (bicyclic) bond motifs is 1. The van der Waals surface area contributed by atoms with Gasteiger partial charge in [-0.05, 0) is 44.2 Å². The maximum absolute atomic E-state index is 12.1. The zero-order chi connectivity index (χ0) is 16.2. The van der Waals surface area contributed by atoms with Crippen LogP contribution in [-0.2, 0) is 9.59 Å². The number of hydrogen-bond acceptors (Lipinski definition) is 3. The van der Waals surface area contributed by atoms with Crippen LogP contribution in [0.2, 0.25) is 0 Å². The Labute approximate surface area is 135 Å². The van der Waals surface area contributed by atoms with E-state index >= 15 is 0 Å². The molecule has 0 bridgehead atoms. The number of allylic oxidation sites excluding steroid dienone is 1. The number of para-hydroxylation sites is 1. The molecule has 2 amide bonds. The van der Waals surface area contributed by atoms with Crippen molar-refractivity contribution in [3.63, 3.8) is 0 Å². The van der Waals surface area contributed by atoms with Crippen molar-refractivity contribution in [1.82, 2.24) is 5.32 Å². The van der Waals surface area contributed by atoms with Crippen LogP contribution in [-0.4, -0.2) is 30.7 Å². The highest BCUT2D eigenvalue weighted by Gasteiger charge is 2.36. The number of carbonyl (C=O) groups excluding carboxylic acids is 3. The smallest absolute Gasteiger partial charge is 0.299 e. The molecule has 0 unspecified atom stereocenters. The Balaban J connectivity index is 1.55. The molecule has 23 heavy (non-hydrogen) atoms. The minimum absolute atomic E-state index is 0.110. The highest BCUT2D eigenvalue weighted by molar-refractivity contribution is 6.52. The fraction of sp³-hybridized carbons (Fsp3) is 0.389. The lowest BCUT2D eigenvalue weighted by Crippen LogP contribution is -2.40. The van der Waals surface area contributed by atoms with Crippen LogP contribution in [0.3, 0.4) is 0 Å². The monoisotopic (exact) mass is 312 g/mol. The van der Waals surface area contributed by atoms with E-state index in [1.165, 1.54) is 23.3 Å². The van der Waals surface area contributed by atoms with Crippen molar-refractivity contribution in [2.75, 3.05) is 18.0 Å². The summed E-state index contributed by atoms with van der Waals surface area (Å²) in [6, 6.07) is 6.78. The summed E-state index contributed by atoms with van der Waals surface area (Å²) in [7, 11) is 0. The highest BCUT2D eigenvalue weighted by Crippen LogP contribution is 2.28. The van der Waals surface area contributed by atoms with Crippen molar-refractivity contribution in [3.8, 4) is 0 Å². The fourth-order valence-corrected chi connectivity index (χ4v) is 3.10. The van der Waals surface area contributed by atoms with Crippen molar-refractivity contribution in [1.29, 1.82) is 0 Å². The first-order chi connectivity index (χ1) is 11.2.